The summed E-state index contributed by atoms with van der Waals surface area (Å²) in [5, 5.41) is 12.0. The SMILES string of the molecule is CC1CCC(N(C)C(=O)CNC(C(=O)O)C2CC2)CC1. The normalized spacial score (nSPS) is 27.9. The second-order valence-corrected chi connectivity index (χ2v) is 6.45. The zero-order valence-corrected chi connectivity index (χ0v) is 12.5. The van der Waals surface area contributed by atoms with Crippen LogP contribution in [0.3, 0.4) is 0 Å². The standard InChI is InChI=1S/C15H26N2O3/c1-10-3-7-12(8-4-10)17(2)13(18)9-16-14(15(19)20)11-5-6-11/h10-12,14,16H,3-9H2,1-2H3,(H,19,20). The van der Waals surface area contributed by atoms with Crippen LogP contribution < -0.4 is 5.32 Å². The number of carbonyl (C=O) groups is 2. The number of rotatable bonds is 6. The molecule has 5 nitrogen and oxygen atoms in total. The van der Waals surface area contributed by atoms with Gasteiger partial charge >= 0.3 is 5.97 Å². The van der Waals surface area contributed by atoms with Crippen LogP contribution in [0.25, 0.3) is 0 Å². The maximum absolute atomic E-state index is 12.2. The highest BCUT2D eigenvalue weighted by Gasteiger charge is 2.36. The number of amides is 1. The van der Waals surface area contributed by atoms with E-state index in [9.17, 15) is 9.59 Å². The molecule has 2 saturated carbocycles. The fourth-order valence-corrected chi connectivity index (χ4v) is 3.04. The number of nitrogens with one attached hydrogen (secondary N) is 1. The van der Waals surface area contributed by atoms with E-state index < -0.39 is 12.0 Å². The first-order valence-corrected chi connectivity index (χ1v) is 7.71. The molecule has 0 radical (unpaired) electrons. The van der Waals surface area contributed by atoms with Gasteiger partial charge in [0.05, 0.1) is 6.54 Å². The molecule has 114 valence electrons. The van der Waals surface area contributed by atoms with Crippen LogP contribution >= 0.6 is 0 Å². The van der Waals surface area contributed by atoms with E-state index in [0.29, 0.717) is 6.04 Å². The Balaban J connectivity index is 1.77. The molecule has 1 amide bonds. The number of carboxylic acids is 1. The topological polar surface area (TPSA) is 69.6 Å². The lowest BCUT2D eigenvalue weighted by molar-refractivity contribution is -0.140. The molecular weight excluding hydrogens is 256 g/mol. The summed E-state index contributed by atoms with van der Waals surface area (Å²) in [6, 6.07) is -0.233. The van der Waals surface area contributed by atoms with E-state index in [1.54, 1.807) is 0 Å². The van der Waals surface area contributed by atoms with Crippen LogP contribution in [-0.4, -0.2) is 47.6 Å². The Morgan fingerprint density at radius 1 is 1.20 bits per heavy atom. The van der Waals surface area contributed by atoms with Gasteiger partial charge < -0.3 is 10.0 Å². The minimum Gasteiger partial charge on any atom is -0.480 e. The highest BCUT2D eigenvalue weighted by atomic mass is 16.4. The molecule has 2 fully saturated rings. The lowest BCUT2D eigenvalue weighted by Crippen LogP contribution is -2.47. The third-order valence-electron chi connectivity index (χ3n) is 4.76. The Morgan fingerprint density at radius 2 is 1.80 bits per heavy atom. The molecule has 0 aromatic carbocycles. The Morgan fingerprint density at radius 3 is 2.30 bits per heavy atom. The summed E-state index contributed by atoms with van der Waals surface area (Å²) in [5.41, 5.74) is 0. The Bertz CT molecular complexity index is 360. The van der Waals surface area contributed by atoms with Crippen molar-refractivity contribution >= 4 is 11.9 Å². The molecule has 0 aromatic heterocycles. The van der Waals surface area contributed by atoms with Gasteiger partial charge in [-0.25, -0.2) is 0 Å². The quantitative estimate of drug-likeness (QED) is 0.774. The molecule has 0 spiro atoms. The maximum atomic E-state index is 12.2. The molecule has 0 aliphatic heterocycles. The van der Waals surface area contributed by atoms with Gasteiger partial charge in [0.2, 0.25) is 5.91 Å². The third-order valence-corrected chi connectivity index (χ3v) is 4.76. The van der Waals surface area contributed by atoms with Gasteiger partial charge in [-0.1, -0.05) is 6.92 Å². The zero-order chi connectivity index (χ0) is 14.7. The Labute approximate surface area is 120 Å². The van der Waals surface area contributed by atoms with E-state index >= 15 is 0 Å². The third kappa shape index (κ3) is 3.95. The lowest BCUT2D eigenvalue weighted by atomic mass is 9.87. The zero-order valence-electron chi connectivity index (χ0n) is 12.5. The van der Waals surface area contributed by atoms with Crippen molar-refractivity contribution in [3.05, 3.63) is 0 Å². The number of aliphatic carboxylic acids is 1. The van der Waals surface area contributed by atoms with Crippen LogP contribution in [0, 0.1) is 11.8 Å². The molecule has 0 bridgehead atoms. The van der Waals surface area contributed by atoms with Gasteiger partial charge in [0.25, 0.3) is 0 Å². The van der Waals surface area contributed by atoms with Crippen molar-refractivity contribution in [2.24, 2.45) is 11.8 Å². The number of carbonyl (C=O) groups excluding carboxylic acids is 1. The van der Waals surface area contributed by atoms with Crippen LogP contribution in [0.2, 0.25) is 0 Å². The van der Waals surface area contributed by atoms with Gasteiger partial charge in [0.1, 0.15) is 6.04 Å². The second-order valence-electron chi connectivity index (χ2n) is 6.45. The minimum absolute atomic E-state index is 0.0106. The van der Waals surface area contributed by atoms with Crippen molar-refractivity contribution in [2.45, 2.75) is 57.5 Å². The fourth-order valence-electron chi connectivity index (χ4n) is 3.04. The summed E-state index contributed by atoms with van der Waals surface area (Å²) >= 11 is 0. The highest BCUT2D eigenvalue weighted by Crippen LogP contribution is 2.32. The summed E-state index contributed by atoms with van der Waals surface area (Å²) < 4.78 is 0. The molecular formula is C15H26N2O3. The molecule has 20 heavy (non-hydrogen) atoms. The summed E-state index contributed by atoms with van der Waals surface area (Å²) in [4.78, 5) is 25.1. The lowest BCUT2D eigenvalue weighted by Gasteiger charge is -2.34. The van der Waals surface area contributed by atoms with Crippen molar-refractivity contribution in [3.8, 4) is 0 Å². The van der Waals surface area contributed by atoms with E-state index in [1.165, 1.54) is 12.8 Å². The average molecular weight is 282 g/mol. The minimum atomic E-state index is -0.838. The summed E-state index contributed by atoms with van der Waals surface area (Å²) in [6.45, 7) is 2.39. The molecule has 5 heteroatoms. The van der Waals surface area contributed by atoms with E-state index in [0.717, 1.165) is 31.6 Å². The summed E-state index contributed by atoms with van der Waals surface area (Å²) in [5.74, 6) is 0.145. The van der Waals surface area contributed by atoms with Gasteiger partial charge in [0.15, 0.2) is 0 Å². The molecule has 2 aliphatic carbocycles. The highest BCUT2D eigenvalue weighted by molar-refractivity contribution is 5.80. The van der Waals surface area contributed by atoms with Crippen molar-refractivity contribution in [2.75, 3.05) is 13.6 Å². The predicted molar refractivity (Wildman–Crippen MR) is 76.3 cm³/mol. The Hall–Kier alpha value is -1.10. The fraction of sp³-hybridized carbons (Fsp3) is 0.867. The van der Waals surface area contributed by atoms with Crippen LogP contribution in [-0.2, 0) is 9.59 Å². The number of likely N-dealkylation sites (N-methyl/N-ethyl adjacent to an activating group) is 1. The van der Waals surface area contributed by atoms with Crippen LogP contribution in [0.15, 0.2) is 0 Å². The second kappa shape index (κ2) is 6.57. The molecule has 0 aromatic rings. The van der Waals surface area contributed by atoms with Crippen LogP contribution in [0.1, 0.15) is 45.4 Å². The van der Waals surface area contributed by atoms with E-state index in [-0.39, 0.29) is 18.4 Å². The molecule has 0 saturated heterocycles. The smallest absolute Gasteiger partial charge is 0.320 e. The first-order valence-electron chi connectivity index (χ1n) is 7.71. The Kier molecular flexibility index (Phi) is 5.02. The summed E-state index contributed by atoms with van der Waals surface area (Å²) in [6.07, 6.45) is 6.39. The van der Waals surface area contributed by atoms with Crippen molar-refractivity contribution in [1.29, 1.82) is 0 Å². The van der Waals surface area contributed by atoms with Gasteiger partial charge in [-0.15, -0.1) is 0 Å². The predicted octanol–water partition coefficient (Wildman–Crippen LogP) is 1.48. The van der Waals surface area contributed by atoms with Crippen molar-refractivity contribution in [1.82, 2.24) is 10.2 Å². The summed E-state index contributed by atoms with van der Waals surface area (Å²) in [7, 11) is 1.84. The van der Waals surface area contributed by atoms with Gasteiger partial charge in [-0.3, -0.25) is 14.9 Å². The average Bonchev–Trinajstić information content (AvgIpc) is 3.23. The van der Waals surface area contributed by atoms with Crippen LogP contribution in [0.5, 0.6) is 0 Å². The van der Waals surface area contributed by atoms with E-state index in [2.05, 4.69) is 12.2 Å². The molecule has 2 aliphatic rings. The number of nitrogens with zero attached hydrogens (tertiary/aromatic N) is 1. The molecule has 1 unspecified atom stereocenters. The van der Waals surface area contributed by atoms with Gasteiger partial charge in [0, 0.05) is 13.1 Å². The molecule has 0 heterocycles. The first-order chi connectivity index (χ1) is 9.49. The monoisotopic (exact) mass is 282 g/mol. The van der Waals surface area contributed by atoms with Crippen LogP contribution in [0.4, 0.5) is 0 Å². The molecule has 2 N–H and O–H groups in total. The largest absolute Gasteiger partial charge is 0.480 e. The number of hydrogen-bond acceptors (Lipinski definition) is 3. The maximum Gasteiger partial charge on any atom is 0.320 e. The first kappa shape index (κ1) is 15.3. The van der Waals surface area contributed by atoms with Gasteiger partial charge in [-0.05, 0) is 50.4 Å². The van der Waals surface area contributed by atoms with E-state index in [1.807, 2.05) is 11.9 Å². The molecule has 1 atom stereocenters. The van der Waals surface area contributed by atoms with Crippen molar-refractivity contribution in [3.63, 3.8) is 0 Å². The van der Waals surface area contributed by atoms with Crippen molar-refractivity contribution < 1.29 is 14.7 Å². The number of hydrogen-bond donors (Lipinski definition) is 2. The van der Waals surface area contributed by atoms with Gasteiger partial charge in [-0.2, -0.15) is 0 Å². The molecule has 2 rings (SSSR count). The number of carboxylic acid groups (broad SMARTS) is 1. The van der Waals surface area contributed by atoms with E-state index in [4.69, 9.17) is 5.11 Å².